The Bertz CT molecular complexity index is 896. The predicted molar refractivity (Wildman–Crippen MR) is 105 cm³/mol. The van der Waals surface area contributed by atoms with E-state index >= 15 is 0 Å². The molecule has 1 N–H and O–H groups in total. The third-order valence-corrected chi connectivity index (χ3v) is 5.02. The Morgan fingerprint density at radius 1 is 1.19 bits per heavy atom. The summed E-state index contributed by atoms with van der Waals surface area (Å²) in [7, 11) is 3.37. The van der Waals surface area contributed by atoms with Crippen molar-refractivity contribution in [1.29, 1.82) is 0 Å². The summed E-state index contributed by atoms with van der Waals surface area (Å²) in [6, 6.07) is 12.5. The minimum absolute atomic E-state index is 0.115. The lowest BCUT2D eigenvalue weighted by molar-refractivity contribution is -0.113. The number of hydrogen-bond acceptors (Lipinski definition) is 4. The van der Waals surface area contributed by atoms with Crippen LogP contribution in [0.2, 0.25) is 5.02 Å². The van der Waals surface area contributed by atoms with Crippen molar-refractivity contribution in [1.82, 2.24) is 4.90 Å². The van der Waals surface area contributed by atoms with E-state index in [1.807, 2.05) is 6.07 Å². The molecule has 1 aliphatic rings. The standard InChI is InChI=1S/C19H17ClN2O3S/c1-22(2)19(24)26-17-6-4-3-5-15(17)21-18(23)13-9-12-10-14(20)7-8-16(12)25-11-13/h3-10H,11H2,1-2H3,(H,21,23). The second-order valence-electron chi connectivity index (χ2n) is 5.85. The van der Waals surface area contributed by atoms with Crippen molar-refractivity contribution in [2.24, 2.45) is 0 Å². The first-order valence-corrected chi connectivity index (χ1v) is 9.06. The van der Waals surface area contributed by atoms with E-state index in [2.05, 4.69) is 5.32 Å². The number of halogens is 1. The summed E-state index contributed by atoms with van der Waals surface area (Å²) in [6.45, 7) is 0.173. The summed E-state index contributed by atoms with van der Waals surface area (Å²) in [4.78, 5) is 26.8. The lowest BCUT2D eigenvalue weighted by atomic mass is 10.1. The number of hydrogen-bond donors (Lipinski definition) is 1. The van der Waals surface area contributed by atoms with E-state index in [0.29, 0.717) is 26.9 Å². The van der Waals surface area contributed by atoms with Gasteiger partial charge in [0.2, 0.25) is 0 Å². The van der Waals surface area contributed by atoms with E-state index in [0.717, 1.165) is 17.3 Å². The molecule has 5 nitrogen and oxygen atoms in total. The molecule has 2 aromatic rings. The van der Waals surface area contributed by atoms with Crippen LogP contribution in [0.1, 0.15) is 5.56 Å². The van der Waals surface area contributed by atoms with Gasteiger partial charge in [0.05, 0.1) is 11.3 Å². The first-order chi connectivity index (χ1) is 12.4. The Morgan fingerprint density at radius 2 is 1.96 bits per heavy atom. The molecule has 0 saturated heterocycles. The highest BCUT2D eigenvalue weighted by atomic mass is 35.5. The van der Waals surface area contributed by atoms with E-state index in [9.17, 15) is 9.59 Å². The van der Waals surface area contributed by atoms with Crippen LogP contribution in [-0.2, 0) is 4.79 Å². The normalized spacial score (nSPS) is 12.5. The van der Waals surface area contributed by atoms with Crippen LogP contribution in [0.25, 0.3) is 6.08 Å². The van der Waals surface area contributed by atoms with Gasteiger partial charge in [-0.2, -0.15) is 0 Å². The molecule has 26 heavy (non-hydrogen) atoms. The third kappa shape index (κ3) is 4.20. The van der Waals surface area contributed by atoms with Gasteiger partial charge in [0, 0.05) is 29.6 Å². The van der Waals surface area contributed by atoms with Crippen molar-refractivity contribution in [3.8, 4) is 5.75 Å². The molecule has 0 radical (unpaired) electrons. The number of ether oxygens (including phenoxy) is 1. The van der Waals surface area contributed by atoms with E-state index in [1.54, 1.807) is 56.6 Å². The average Bonchev–Trinajstić information content (AvgIpc) is 2.62. The first kappa shape index (κ1) is 18.4. The fraction of sp³-hybridized carbons (Fsp3) is 0.158. The zero-order chi connectivity index (χ0) is 18.7. The number of anilines is 1. The van der Waals surface area contributed by atoms with Gasteiger partial charge in [0.25, 0.3) is 11.1 Å². The number of thioether (sulfide) groups is 1. The molecule has 0 fully saturated rings. The number of benzene rings is 2. The molecule has 0 aromatic heterocycles. The Labute approximate surface area is 161 Å². The molecular formula is C19H17ClN2O3S. The number of nitrogens with one attached hydrogen (secondary N) is 1. The molecule has 0 spiro atoms. The number of carbonyl (C=O) groups is 2. The topological polar surface area (TPSA) is 58.6 Å². The molecule has 1 heterocycles. The van der Waals surface area contributed by atoms with Gasteiger partial charge in [0.1, 0.15) is 12.4 Å². The molecular weight excluding hydrogens is 372 g/mol. The maximum atomic E-state index is 12.6. The van der Waals surface area contributed by atoms with Crippen molar-refractivity contribution in [3.63, 3.8) is 0 Å². The summed E-state index contributed by atoms with van der Waals surface area (Å²) in [5.74, 6) is 0.416. The highest BCUT2D eigenvalue weighted by molar-refractivity contribution is 8.13. The average molecular weight is 389 g/mol. The van der Waals surface area contributed by atoms with E-state index in [-0.39, 0.29) is 17.8 Å². The summed E-state index contributed by atoms with van der Waals surface area (Å²) in [5.41, 5.74) is 1.83. The number of nitrogens with zero attached hydrogens (tertiary/aromatic N) is 1. The molecule has 134 valence electrons. The molecule has 0 atom stereocenters. The lowest BCUT2D eigenvalue weighted by Gasteiger charge is -2.18. The zero-order valence-corrected chi connectivity index (χ0v) is 15.9. The highest BCUT2D eigenvalue weighted by Crippen LogP contribution is 2.31. The second kappa shape index (κ2) is 7.85. The van der Waals surface area contributed by atoms with Crippen LogP contribution in [0, 0.1) is 0 Å². The zero-order valence-electron chi connectivity index (χ0n) is 14.3. The number of rotatable bonds is 3. The summed E-state index contributed by atoms with van der Waals surface area (Å²) < 4.78 is 5.62. The van der Waals surface area contributed by atoms with Gasteiger partial charge in [-0.05, 0) is 48.2 Å². The molecule has 3 rings (SSSR count). The fourth-order valence-electron chi connectivity index (χ4n) is 2.33. The third-order valence-electron chi connectivity index (χ3n) is 3.67. The highest BCUT2D eigenvalue weighted by Gasteiger charge is 2.19. The van der Waals surface area contributed by atoms with Crippen molar-refractivity contribution < 1.29 is 14.3 Å². The quantitative estimate of drug-likeness (QED) is 0.785. The largest absolute Gasteiger partial charge is 0.488 e. The van der Waals surface area contributed by atoms with Crippen molar-refractivity contribution in [3.05, 3.63) is 58.6 Å². The fourth-order valence-corrected chi connectivity index (χ4v) is 3.25. The summed E-state index contributed by atoms with van der Waals surface area (Å²) in [6.07, 6.45) is 1.76. The van der Waals surface area contributed by atoms with Crippen LogP contribution in [0.3, 0.4) is 0 Å². The van der Waals surface area contributed by atoms with Gasteiger partial charge in [-0.1, -0.05) is 23.7 Å². The minimum Gasteiger partial charge on any atom is -0.488 e. The van der Waals surface area contributed by atoms with Gasteiger partial charge in [-0.3, -0.25) is 9.59 Å². The van der Waals surface area contributed by atoms with Crippen molar-refractivity contribution >= 4 is 46.3 Å². The number of carbonyl (C=O) groups excluding carboxylic acids is 2. The molecule has 7 heteroatoms. The first-order valence-electron chi connectivity index (χ1n) is 7.86. The van der Waals surface area contributed by atoms with E-state index in [4.69, 9.17) is 16.3 Å². The van der Waals surface area contributed by atoms with Crippen molar-refractivity contribution in [2.75, 3.05) is 26.0 Å². The smallest absolute Gasteiger partial charge is 0.286 e. The molecule has 0 unspecified atom stereocenters. The van der Waals surface area contributed by atoms with Crippen LogP contribution in [0.5, 0.6) is 5.75 Å². The van der Waals surface area contributed by atoms with Crippen LogP contribution in [0.4, 0.5) is 10.5 Å². The lowest BCUT2D eigenvalue weighted by Crippen LogP contribution is -2.22. The Hall–Kier alpha value is -2.44. The molecule has 0 saturated carbocycles. The Balaban J connectivity index is 1.80. The maximum absolute atomic E-state index is 12.6. The predicted octanol–water partition coefficient (Wildman–Crippen LogP) is 4.53. The Kier molecular flexibility index (Phi) is 5.54. The molecule has 2 amide bonds. The minimum atomic E-state index is -0.277. The van der Waals surface area contributed by atoms with Crippen molar-refractivity contribution in [2.45, 2.75) is 4.90 Å². The molecule has 0 aliphatic carbocycles. The van der Waals surface area contributed by atoms with Crippen LogP contribution >= 0.6 is 23.4 Å². The second-order valence-corrected chi connectivity index (χ2v) is 7.28. The number of para-hydroxylation sites is 1. The van der Waals surface area contributed by atoms with Crippen LogP contribution in [0.15, 0.2) is 52.9 Å². The summed E-state index contributed by atoms with van der Waals surface area (Å²) >= 11 is 7.07. The SMILES string of the molecule is CN(C)C(=O)Sc1ccccc1NC(=O)C1=Cc2cc(Cl)ccc2OC1. The summed E-state index contributed by atoms with van der Waals surface area (Å²) in [5, 5.41) is 3.32. The van der Waals surface area contributed by atoms with Gasteiger partial charge in [-0.15, -0.1) is 0 Å². The van der Waals surface area contributed by atoms with Crippen LogP contribution in [-0.4, -0.2) is 36.7 Å². The van der Waals surface area contributed by atoms with E-state index < -0.39 is 0 Å². The maximum Gasteiger partial charge on any atom is 0.286 e. The number of fused-ring (bicyclic) bond motifs is 1. The Morgan fingerprint density at radius 3 is 2.73 bits per heavy atom. The molecule has 1 aliphatic heterocycles. The monoisotopic (exact) mass is 388 g/mol. The van der Waals surface area contributed by atoms with Gasteiger partial charge in [0.15, 0.2) is 0 Å². The molecule has 2 aromatic carbocycles. The van der Waals surface area contributed by atoms with Gasteiger partial charge >= 0.3 is 0 Å². The molecule has 0 bridgehead atoms. The van der Waals surface area contributed by atoms with Crippen LogP contribution < -0.4 is 10.1 Å². The van der Waals surface area contributed by atoms with E-state index in [1.165, 1.54) is 4.90 Å². The van der Waals surface area contributed by atoms with Gasteiger partial charge in [-0.25, -0.2) is 0 Å². The van der Waals surface area contributed by atoms with Gasteiger partial charge < -0.3 is 15.0 Å². The number of amides is 2.